The third kappa shape index (κ3) is 6.20. The fourth-order valence-corrected chi connectivity index (χ4v) is 9.73. The van der Waals surface area contributed by atoms with Gasteiger partial charge in [0.15, 0.2) is 0 Å². The minimum absolute atomic E-state index is 0.151. The standard InChI is InChI=1S/C54H47N3/c1-4-14-35(18-13-19-42-32-29-40-27-28-41-31-34-47(56-51(41)50(40)55-42)38-16-7-5-6-8-17-38)36-23-25-39(26-24-36)48-45-33-30-37-15-9-10-20-43(37)52(45)57-53-44-21-11-12-22-46(44)54(2,3)49(48)53/h5,7,9-16,18,20-23,25-34,36,40,42,50,55H,4,17,19,24H2,1-3H3/b18-13-,35-14+. The molecule has 57 heavy (non-hydrogen) atoms. The molecule has 3 aromatic carbocycles. The van der Waals surface area contributed by atoms with Crippen LogP contribution in [-0.2, 0) is 5.41 Å². The molecule has 3 nitrogen and oxygen atoms in total. The van der Waals surface area contributed by atoms with Crippen LogP contribution in [0.15, 0.2) is 151 Å². The Kier molecular flexibility index (Phi) is 8.96. The molecule has 4 atom stereocenters. The van der Waals surface area contributed by atoms with E-state index in [4.69, 9.17) is 9.97 Å². The monoisotopic (exact) mass is 737 g/mol. The molecule has 0 saturated carbocycles. The van der Waals surface area contributed by atoms with Gasteiger partial charge in [0.05, 0.1) is 28.6 Å². The Hall–Kier alpha value is -6.08. The average Bonchev–Trinajstić information content (AvgIpc) is 3.40. The highest BCUT2D eigenvalue weighted by Crippen LogP contribution is 2.53. The first-order chi connectivity index (χ1) is 28.0. The first-order valence-electron chi connectivity index (χ1n) is 20.7. The normalized spacial score (nSPS) is 22.7. The van der Waals surface area contributed by atoms with Crippen molar-refractivity contribution in [1.82, 2.24) is 15.3 Å². The van der Waals surface area contributed by atoms with Gasteiger partial charge in [-0.3, -0.25) is 4.98 Å². The summed E-state index contributed by atoms with van der Waals surface area (Å²) in [5, 5.41) is 7.63. The lowest BCUT2D eigenvalue weighted by atomic mass is 9.76. The van der Waals surface area contributed by atoms with Gasteiger partial charge in [0.25, 0.3) is 0 Å². The molecule has 3 heterocycles. The van der Waals surface area contributed by atoms with Gasteiger partial charge in [-0.15, -0.1) is 0 Å². The lowest BCUT2D eigenvalue weighted by Crippen LogP contribution is -2.39. The Bertz CT molecular complexity index is 2780. The summed E-state index contributed by atoms with van der Waals surface area (Å²) in [7, 11) is 0. The molecule has 3 heteroatoms. The maximum atomic E-state index is 5.48. The molecule has 4 aliphatic carbocycles. The molecule has 0 amide bonds. The SMILES string of the molecule is CC/C=C(\C=C/CC1C=CC2C=Cc3ccc(C4=CC=CC#CC4)nc3C2N1)C1C=CC(c2c3c(nc4c2ccc2ccccc24)-c2ccccc2C3(C)C)=CC1. The number of nitrogens with one attached hydrogen (secondary N) is 1. The Morgan fingerprint density at radius 2 is 1.81 bits per heavy atom. The van der Waals surface area contributed by atoms with Crippen molar-refractivity contribution in [3.05, 3.63) is 185 Å². The van der Waals surface area contributed by atoms with Crippen LogP contribution < -0.4 is 5.32 Å². The molecule has 2 aromatic heterocycles. The Labute approximate surface area is 336 Å². The van der Waals surface area contributed by atoms with Crippen molar-refractivity contribution >= 4 is 38.9 Å². The van der Waals surface area contributed by atoms with E-state index < -0.39 is 0 Å². The summed E-state index contributed by atoms with van der Waals surface area (Å²) in [5.41, 5.74) is 14.6. The number of hydrogen-bond donors (Lipinski definition) is 1. The number of benzene rings is 3. The molecular weight excluding hydrogens is 691 g/mol. The van der Waals surface area contributed by atoms with Crippen LogP contribution in [0.3, 0.4) is 0 Å². The second-order valence-corrected chi connectivity index (χ2v) is 16.5. The Morgan fingerprint density at radius 1 is 0.912 bits per heavy atom. The van der Waals surface area contributed by atoms with Crippen molar-refractivity contribution in [3.8, 4) is 23.1 Å². The zero-order chi connectivity index (χ0) is 38.5. The van der Waals surface area contributed by atoms with Gasteiger partial charge in [0, 0.05) is 46.0 Å². The molecule has 5 aromatic rings. The van der Waals surface area contributed by atoms with Crippen molar-refractivity contribution in [3.63, 3.8) is 0 Å². The van der Waals surface area contributed by atoms with Crippen LogP contribution in [0.25, 0.3) is 50.2 Å². The first-order valence-corrected chi connectivity index (χ1v) is 20.7. The van der Waals surface area contributed by atoms with Gasteiger partial charge in [0.1, 0.15) is 0 Å². The number of allylic oxidation sites excluding steroid dienone is 11. The molecule has 0 radical (unpaired) electrons. The largest absolute Gasteiger partial charge is 0.301 e. The van der Waals surface area contributed by atoms with E-state index in [0.717, 1.165) is 48.3 Å². The number of pyridine rings is 2. The highest BCUT2D eigenvalue weighted by molar-refractivity contribution is 6.11. The van der Waals surface area contributed by atoms with Crippen molar-refractivity contribution in [2.75, 3.05) is 0 Å². The van der Waals surface area contributed by atoms with Crippen molar-refractivity contribution < 1.29 is 0 Å². The number of fused-ring (bicyclic) bond motifs is 9. The van der Waals surface area contributed by atoms with E-state index in [2.05, 4.69) is 178 Å². The van der Waals surface area contributed by atoms with E-state index in [1.54, 1.807) is 0 Å². The average molecular weight is 738 g/mol. The molecule has 1 aliphatic heterocycles. The molecule has 0 saturated heterocycles. The molecule has 1 N–H and O–H groups in total. The van der Waals surface area contributed by atoms with Gasteiger partial charge < -0.3 is 5.32 Å². The summed E-state index contributed by atoms with van der Waals surface area (Å²) in [6, 6.07) is 26.9. The summed E-state index contributed by atoms with van der Waals surface area (Å²) < 4.78 is 0. The third-order valence-electron chi connectivity index (χ3n) is 12.6. The fraction of sp³-hybridized carbons (Fsp3) is 0.222. The van der Waals surface area contributed by atoms with Crippen LogP contribution in [0.5, 0.6) is 0 Å². The second kappa shape index (κ2) is 14.5. The van der Waals surface area contributed by atoms with E-state index in [1.165, 1.54) is 60.7 Å². The van der Waals surface area contributed by atoms with Crippen LogP contribution in [0, 0.1) is 23.7 Å². The molecule has 0 bridgehead atoms. The van der Waals surface area contributed by atoms with Gasteiger partial charge >= 0.3 is 0 Å². The van der Waals surface area contributed by atoms with Crippen LogP contribution in [0.4, 0.5) is 0 Å². The maximum Gasteiger partial charge on any atom is 0.0794 e. The molecule has 4 unspecified atom stereocenters. The highest BCUT2D eigenvalue weighted by atomic mass is 15.0. The molecule has 278 valence electrons. The van der Waals surface area contributed by atoms with Crippen molar-refractivity contribution in [2.45, 2.75) is 64.0 Å². The summed E-state index contributed by atoms with van der Waals surface area (Å²) in [5.74, 6) is 6.94. The predicted octanol–water partition coefficient (Wildman–Crippen LogP) is 12.6. The zero-order valence-corrected chi connectivity index (χ0v) is 33.0. The zero-order valence-electron chi connectivity index (χ0n) is 33.0. The number of rotatable bonds is 7. The topological polar surface area (TPSA) is 37.8 Å². The Balaban J connectivity index is 0.908. The number of hydrogen-bond acceptors (Lipinski definition) is 3. The van der Waals surface area contributed by atoms with Crippen LogP contribution in [0.1, 0.15) is 86.1 Å². The lowest BCUT2D eigenvalue weighted by molar-refractivity contribution is 0.402. The molecular formula is C54H47N3. The smallest absolute Gasteiger partial charge is 0.0794 e. The number of aromatic nitrogens is 2. The summed E-state index contributed by atoms with van der Waals surface area (Å²) in [4.78, 5) is 10.7. The quantitative estimate of drug-likeness (QED) is 0.0782. The van der Waals surface area contributed by atoms with E-state index in [-0.39, 0.29) is 17.5 Å². The molecule has 5 aliphatic rings. The van der Waals surface area contributed by atoms with Crippen molar-refractivity contribution in [1.29, 1.82) is 0 Å². The maximum absolute atomic E-state index is 5.48. The number of nitrogens with zero attached hydrogens (tertiary/aromatic N) is 2. The van der Waals surface area contributed by atoms with Gasteiger partial charge in [-0.2, -0.15) is 0 Å². The fourth-order valence-electron chi connectivity index (χ4n) is 9.73. The van der Waals surface area contributed by atoms with Gasteiger partial charge in [0.2, 0.25) is 0 Å². The van der Waals surface area contributed by atoms with Crippen LogP contribution in [-0.4, -0.2) is 16.0 Å². The van der Waals surface area contributed by atoms with Gasteiger partial charge in [-0.05, 0) is 75.8 Å². The van der Waals surface area contributed by atoms with Gasteiger partial charge in [-0.1, -0.05) is 172 Å². The summed E-state index contributed by atoms with van der Waals surface area (Å²) in [6.07, 6.45) is 33.4. The van der Waals surface area contributed by atoms with E-state index in [9.17, 15) is 0 Å². The van der Waals surface area contributed by atoms with E-state index in [0.29, 0.717) is 11.8 Å². The first kappa shape index (κ1) is 35.3. The summed E-state index contributed by atoms with van der Waals surface area (Å²) >= 11 is 0. The minimum Gasteiger partial charge on any atom is -0.301 e. The van der Waals surface area contributed by atoms with E-state index >= 15 is 0 Å². The molecule has 0 spiro atoms. The highest BCUT2D eigenvalue weighted by Gasteiger charge is 2.40. The second-order valence-electron chi connectivity index (χ2n) is 16.5. The molecule has 10 rings (SSSR count). The molecule has 0 fully saturated rings. The van der Waals surface area contributed by atoms with E-state index in [1.807, 2.05) is 12.2 Å². The van der Waals surface area contributed by atoms with Crippen LogP contribution >= 0.6 is 0 Å². The Morgan fingerprint density at radius 3 is 2.70 bits per heavy atom. The van der Waals surface area contributed by atoms with Gasteiger partial charge in [-0.25, -0.2) is 4.98 Å². The van der Waals surface area contributed by atoms with Crippen molar-refractivity contribution in [2.24, 2.45) is 11.8 Å². The summed E-state index contributed by atoms with van der Waals surface area (Å²) in [6.45, 7) is 6.99. The lowest BCUT2D eigenvalue weighted by Gasteiger charge is -2.34. The third-order valence-corrected chi connectivity index (χ3v) is 12.6. The predicted molar refractivity (Wildman–Crippen MR) is 239 cm³/mol. The minimum atomic E-state index is -0.162. The van der Waals surface area contributed by atoms with Crippen LogP contribution in [0.2, 0.25) is 0 Å².